The Hall–Kier alpha value is -2.50. The molecule has 136 valence electrons. The van der Waals surface area contributed by atoms with Crippen molar-refractivity contribution in [1.29, 1.82) is 0 Å². The molecular weight excluding hydrogens is 332 g/mol. The van der Waals surface area contributed by atoms with Gasteiger partial charge in [0.25, 0.3) is 5.56 Å². The van der Waals surface area contributed by atoms with Crippen LogP contribution in [0.25, 0.3) is 5.65 Å². The van der Waals surface area contributed by atoms with Crippen LogP contribution in [-0.2, 0) is 20.9 Å². The number of hydrogen-bond donors (Lipinski definition) is 0. The van der Waals surface area contributed by atoms with Crippen LogP contribution >= 0.6 is 0 Å². The maximum Gasteiger partial charge on any atom is 0.309 e. The van der Waals surface area contributed by atoms with Crippen LogP contribution in [0.4, 0.5) is 0 Å². The second-order valence-corrected chi connectivity index (χ2v) is 7.45. The molecule has 2 aliphatic rings. The minimum absolute atomic E-state index is 0.0156. The highest BCUT2D eigenvalue weighted by Gasteiger charge is 2.41. The highest BCUT2D eigenvalue weighted by Crippen LogP contribution is 2.40. The fourth-order valence-electron chi connectivity index (χ4n) is 4.37. The molecule has 4 rings (SSSR count). The SMILES string of the molecule is Cc1cccc2nc(COC(=O)C3C[C@H]4CCC[C@@H](C3)C4=O)cc(=O)n12. The van der Waals surface area contributed by atoms with Crippen LogP contribution in [0.2, 0.25) is 0 Å². The van der Waals surface area contributed by atoms with Gasteiger partial charge in [0.15, 0.2) is 0 Å². The van der Waals surface area contributed by atoms with Gasteiger partial charge in [-0.3, -0.25) is 18.8 Å². The van der Waals surface area contributed by atoms with E-state index in [0.717, 1.165) is 25.0 Å². The van der Waals surface area contributed by atoms with Crippen molar-refractivity contribution in [2.75, 3.05) is 0 Å². The number of fused-ring (bicyclic) bond motifs is 3. The molecule has 2 saturated carbocycles. The van der Waals surface area contributed by atoms with Gasteiger partial charge < -0.3 is 4.74 Å². The molecule has 26 heavy (non-hydrogen) atoms. The van der Waals surface area contributed by atoms with E-state index in [2.05, 4.69) is 4.98 Å². The maximum absolute atomic E-state index is 12.5. The van der Waals surface area contributed by atoms with Gasteiger partial charge in [-0.15, -0.1) is 0 Å². The zero-order valence-electron chi connectivity index (χ0n) is 14.8. The van der Waals surface area contributed by atoms with Gasteiger partial charge in [0.2, 0.25) is 0 Å². The second-order valence-electron chi connectivity index (χ2n) is 7.45. The van der Waals surface area contributed by atoms with Crippen LogP contribution in [-0.4, -0.2) is 21.1 Å². The van der Waals surface area contributed by atoms with E-state index in [9.17, 15) is 14.4 Å². The third-order valence-corrected chi connectivity index (χ3v) is 5.68. The minimum Gasteiger partial charge on any atom is -0.459 e. The topological polar surface area (TPSA) is 77.7 Å². The van der Waals surface area contributed by atoms with Crippen molar-refractivity contribution in [2.24, 2.45) is 17.8 Å². The molecule has 2 aromatic rings. The molecule has 2 fully saturated rings. The summed E-state index contributed by atoms with van der Waals surface area (Å²) in [7, 11) is 0. The third kappa shape index (κ3) is 3.04. The molecule has 0 radical (unpaired) electrons. The van der Waals surface area contributed by atoms with Crippen molar-refractivity contribution >= 4 is 17.4 Å². The van der Waals surface area contributed by atoms with E-state index in [-0.39, 0.29) is 35.9 Å². The summed E-state index contributed by atoms with van der Waals surface area (Å²) in [6, 6.07) is 6.85. The molecule has 2 heterocycles. The van der Waals surface area contributed by atoms with Crippen LogP contribution < -0.4 is 5.56 Å². The van der Waals surface area contributed by atoms with Crippen molar-refractivity contribution in [3.05, 3.63) is 46.0 Å². The van der Waals surface area contributed by atoms with Crippen LogP contribution in [0.15, 0.2) is 29.1 Å². The van der Waals surface area contributed by atoms with Gasteiger partial charge in [-0.05, 0) is 44.7 Å². The average Bonchev–Trinajstić information content (AvgIpc) is 2.59. The van der Waals surface area contributed by atoms with Gasteiger partial charge in [0.05, 0.1) is 11.6 Å². The van der Waals surface area contributed by atoms with E-state index in [1.807, 2.05) is 19.1 Å². The van der Waals surface area contributed by atoms with Crippen molar-refractivity contribution in [3.63, 3.8) is 0 Å². The summed E-state index contributed by atoms with van der Waals surface area (Å²) in [6.07, 6.45) is 4.05. The molecule has 0 N–H and O–H groups in total. The van der Waals surface area contributed by atoms with Crippen LogP contribution in [0.3, 0.4) is 0 Å². The first-order chi connectivity index (χ1) is 12.5. The standard InChI is InChI=1S/C20H22N2O4/c1-12-4-2-7-17-21-16(10-18(23)22(12)17)11-26-20(25)15-8-13-5-3-6-14(9-15)19(13)24/h2,4,7,10,13-15H,3,5-6,8-9,11H2,1H3/t13-,14+,15?. The Morgan fingerprint density at radius 1 is 1.23 bits per heavy atom. The number of Topliss-reactive ketones (excluding diaryl/α,β-unsaturated/α-hetero) is 1. The Balaban J connectivity index is 1.46. The number of nitrogens with zero attached hydrogens (tertiary/aromatic N) is 2. The summed E-state index contributed by atoms with van der Waals surface area (Å²) in [4.78, 5) is 41.3. The van der Waals surface area contributed by atoms with Crippen molar-refractivity contribution in [2.45, 2.75) is 45.6 Å². The molecule has 0 aliphatic heterocycles. The third-order valence-electron chi connectivity index (χ3n) is 5.68. The maximum atomic E-state index is 12.5. The zero-order valence-corrected chi connectivity index (χ0v) is 14.8. The summed E-state index contributed by atoms with van der Waals surface area (Å²) >= 11 is 0. The molecule has 0 spiro atoms. The Labute approximate surface area is 151 Å². The van der Waals surface area contributed by atoms with E-state index < -0.39 is 0 Å². The molecule has 3 atom stereocenters. The summed E-state index contributed by atoms with van der Waals surface area (Å²) < 4.78 is 6.97. The number of ether oxygens (including phenoxy) is 1. The summed E-state index contributed by atoms with van der Waals surface area (Å²) in [5.41, 5.74) is 1.61. The number of aryl methyl sites for hydroxylation is 1. The fourth-order valence-corrected chi connectivity index (χ4v) is 4.37. The molecular formula is C20H22N2O4. The highest BCUT2D eigenvalue weighted by molar-refractivity contribution is 5.87. The lowest BCUT2D eigenvalue weighted by Crippen LogP contribution is -2.39. The van der Waals surface area contributed by atoms with E-state index in [1.165, 1.54) is 10.5 Å². The number of carbonyl (C=O) groups excluding carboxylic acids is 2. The molecule has 6 heteroatoms. The normalized spacial score (nSPS) is 25.3. The average molecular weight is 354 g/mol. The summed E-state index contributed by atoms with van der Waals surface area (Å²) in [6.45, 7) is 1.83. The molecule has 0 amide bonds. The predicted octanol–water partition coefficient (Wildman–Crippen LogP) is 2.44. The quantitative estimate of drug-likeness (QED) is 0.791. The van der Waals surface area contributed by atoms with Crippen LogP contribution in [0.1, 0.15) is 43.5 Å². The summed E-state index contributed by atoms with van der Waals surface area (Å²) in [5, 5.41) is 0. The van der Waals surface area contributed by atoms with Gasteiger partial charge in [0, 0.05) is 23.6 Å². The number of esters is 1. The molecule has 1 unspecified atom stereocenters. The number of aromatic nitrogens is 2. The molecule has 0 saturated heterocycles. The van der Waals surface area contributed by atoms with E-state index in [1.54, 1.807) is 6.07 Å². The monoisotopic (exact) mass is 354 g/mol. The Bertz CT molecular complexity index is 917. The van der Waals surface area contributed by atoms with Gasteiger partial charge in [-0.2, -0.15) is 0 Å². The lowest BCUT2D eigenvalue weighted by molar-refractivity contribution is -0.154. The van der Waals surface area contributed by atoms with Gasteiger partial charge in [-0.1, -0.05) is 12.5 Å². The van der Waals surface area contributed by atoms with E-state index in [4.69, 9.17) is 4.74 Å². The van der Waals surface area contributed by atoms with E-state index in [0.29, 0.717) is 30.0 Å². The number of carbonyl (C=O) groups is 2. The largest absolute Gasteiger partial charge is 0.459 e. The number of ketones is 1. The van der Waals surface area contributed by atoms with Gasteiger partial charge in [0.1, 0.15) is 18.0 Å². The minimum atomic E-state index is -0.277. The molecule has 2 aliphatic carbocycles. The summed E-state index contributed by atoms with van der Waals surface area (Å²) in [5.74, 6) is -0.120. The first-order valence-corrected chi connectivity index (χ1v) is 9.21. The molecule has 2 bridgehead atoms. The smallest absolute Gasteiger partial charge is 0.309 e. The Kier molecular flexibility index (Phi) is 4.34. The first-order valence-electron chi connectivity index (χ1n) is 9.21. The number of pyridine rings is 1. The highest BCUT2D eigenvalue weighted by atomic mass is 16.5. The zero-order chi connectivity index (χ0) is 18.3. The van der Waals surface area contributed by atoms with Crippen molar-refractivity contribution < 1.29 is 14.3 Å². The number of rotatable bonds is 3. The molecule has 0 aromatic carbocycles. The second kappa shape index (κ2) is 6.67. The lowest BCUT2D eigenvalue weighted by atomic mass is 9.67. The lowest BCUT2D eigenvalue weighted by Gasteiger charge is -2.36. The van der Waals surface area contributed by atoms with Crippen LogP contribution in [0.5, 0.6) is 0 Å². The fraction of sp³-hybridized carbons (Fsp3) is 0.500. The van der Waals surface area contributed by atoms with Crippen LogP contribution in [0, 0.1) is 24.7 Å². The van der Waals surface area contributed by atoms with Crippen molar-refractivity contribution in [3.8, 4) is 0 Å². The molecule has 6 nitrogen and oxygen atoms in total. The van der Waals surface area contributed by atoms with E-state index >= 15 is 0 Å². The van der Waals surface area contributed by atoms with Crippen molar-refractivity contribution in [1.82, 2.24) is 9.38 Å². The van der Waals surface area contributed by atoms with Gasteiger partial charge in [-0.25, -0.2) is 4.98 Å². The van der Waals surface area contributed by atoms with Gasteiger partial charge >= 0.3 is 5.97 Å². The Morgan fingerprint density at radius 3 is 2.69 bits per heavy atom. The predicted molar refractivity (Wildman–Crippen MR) is 94.6 cm³/mol. The molecule has 2 aromatic heterocycles. The Morgan fingerprint density at radius 2 is 1.96 bits per heavy atom. The first kappa shape index (κ1) is 16.9. The number of hydrogen-bond acceptors (Lipinski definition) is 5.